The Kier molecular flexibility index (Phi) is 4.03. The van der Waals surface area contributed by atoms with Crippen LogP contribution in [0.1, 0.15) is 13.8 Å². The fraction of sp³-hybridized carbons (Fsp3) is 0.857. The van der Waals surface area contributed by atoms with Gasteiger partial charge in [0, 0.05) is 6.54 Å². The molecule has 0 aromatic carbocycles. The summed E-state index contributed by atoms with van der Waals surface area (Å²) in [5.74, 6) is 0.882. The van der Waals surface area contributed by atoms with E-state index in [4.69, 9.17) is 11.1 Å². The van der Waals surface area contributed by atoms with Crippen molar-refractivity contribution in [2.24, 2.45) is 11.7 Å². The normalized spacial score (nSPS) is 10.9. The standard InChI is InChI=1S/C7H17N3/c1-6(2)4-10(3)5-7(8)9/h6H,4-5H2,1-3H3,(H3,8,9). The van der Waals surface area contributed by atoms with Crippen LogP contribution in [0, 0.1) is 11.3 Å². The van der Waals surface area contributed by atoms with Crippen LogP contribution in [0.3, 0.4) is 0 Å². The predicted octanol–water partition coefficient (Wildman–Crippen LogP) is 0.510. The van der Waals surface area contributed by atoms with E-state index in [9.17, 15) is 0 Å². The lowest BCUT2D eigenvalue weighted by Crippen LogP contribution is -2.32. The highest BCUT2D eigenvalue weighted by molar-refractivity contribution is 5.78. The number of nitrogens with two attached hydrogens (primary N) is 1. The number of hydrogen-bond donors (Lipinski definition) is 2. The topological polar surface area (TPSA) is 53.1 Å². The largest absolute Gasteiger partial charge is 0.387 e. The molecule has 0 rings (SSSR count). The van der Waals surface area contributed by atoms with Gasteiger partial charge in [-0.15, -0.1) is 0 Å². The van der Waals surface area contributed by atoms with Crippen molar-refractivity contribution in [1.82, 2.24) is 4.90 Å². The van der Waals surface area contributed by atoms with Gasteiger partial charge in [0.1, 0.15) is 5.84 Å². The van der Waals surface area contributed by atoms with Crippen LogP contribution in [0.15, 0.2) is 0 Å². The molecule has 0 aromatic rings. The van der Waals surface area contributed by atoms with Crippen LogP contribution >= 0.6 is 0 Å². The van der Waals surface area contributed by atoms with Gasteiger partial charge in [0.2, 0.25) is 0 Å². The van der Waals surface area contributed by atoms with E-state index in [1.54, 1.807) is 0 Å². The van der Waals surface area contributed by atoms with Crippen molar-refractivity contribution >= 4 is 5.84 Å². The van der Waals surface area contributed by atoms with Gasteiger partial charge in [0.15, 0.2) is 0 Å². The summed E-state index contributed by atoms with van der Waals surface area (Å²) in [6, 6.07) is 0. The van der Waals surface area contributed by atoms with Crippen LogP contribution < -0.4 is 5.73 Å². The fourth-order valence-electron chi connectivity index (χ4n) is 0.979. The van der Waals surface area contributed by atoms with Crippen molar-refractivity contribution in [3.8, 4) is 0 Å². The Bertz CT molecular complexity index is 109. The minimum Gasteiger partial charge on any atom is -0.387 e. The summed E-state index contributed by atoms with van der Waals surface area (Å²) in [5.41, 5.74) is 5.21. The maximum Gasteiger partial charge on any atom is 0.105 e. The van der Waals surface area contributed by atoms with Gasteiger partial charge in [-0.3, -0.25) is 10.3 Å². The molecule has 0 aliphatic rings. The first-order chi connectivity index (χ1) is 4.52. The number of nitrogens with zero attached hydrogens (tertiary/aromatic N) is 1. The van der Waals surface area contributed by atoms with Gasteiger partial charge >= 0.3 is 0 Å². The zero-order valence-electron chi connectivity index (χ0n) is 7.02. The van der Waals surface area contributed by atoms with E-state index in [0.29, 0.717) is 12.5 Å². The molecule has 0 unspecified atom stereocenters. The quantitative estimate of drug-likeness (QED) is 0.445. The Labute approximate surface area is 62.7 Å². The Balaban J connectivity index is 3.43. The Morgan fingerprint density at radius 3 is 2.40 bits per heavy atom. The molecule has 0 bridgehead atoms. The second kappa shape index (κ2) is 4.28. The Hall–Kier alpha value is -0.570. The highest BCUT2D eigenvalue weighted by Crippen LogP contribution is 1.93. The highest BCUT2D eigenvalue weighted by Gasteiger charge is 2.01. The zero-order chi connectivity index (χ0) is 8.15. The third kappa shape index (κ3) is 5.56. The lowest BCUT2D eigenvalue weighted by molar-refractivity contribution is 0.331. The molecule has 0 aliphatic carbocycles. The monoisotopic (exact) mass is 143 g/mol. The summed E-state index contributed by atoms with van der Waals surface area (Å²) < 4.78 is 0. The summed E-state index contributed by atoms with van der Waals surface area (Å²) in [4.78, 5) is 2.05. The lowest BCUT2D eigenvalue weighted by atomic mass is 10.2. The molecular weight excluding hydrogens is 126 g/mol. The van der Waals surface area contributed by atoms with Gasteiger partial charge in [-0.25, -0.2) is 0 Å². The first-order valence-corrected chi connectivity index (χ1v) is 3.53. The van der Waals surface area contributed by atoms with Crippen LogP contribution in [0.25, 0.3) is 0 Å². The molecule has 0 heterocycles. The molecule has 0 atom stereocenters. The van der Waals surface area contributed by atoms with Crippen LogP contribution in [0.2, 0.25) is 0 Å². The van der Waals surface area contributed by atoms with Crippen molar-refractivity contribution < 1.29 is 0 Å². The van der Waals surface area contributed by atoms with Gasteiger partial charge in [0.25, 0.3) is 0 Å². The number of hydrogen-bond acceptors (Lipinski definition) is 2. The van der Waals surface area contributed by atoms with Crippen molar-refractivity contribution in [3.63, 3.8) is 0 Å². The molecule has 0 aliphatic heterocycles. The third-order valence-electron chi connectivity index (χ3n) is 1.12. The maximum atomic E-state index is 7.01. The third-order valence-corrected chi connectivity index (χ3v) is 1.12. The average molecular weight is 143 g/mol. The van der Waals surface area contributed by atoms with E-state index in [1.807, 2.05) is 11.9 Å². The molecule has 0 saturated carbocycles. The minimum atomic E-state index is 0.239. The molecule has 3 heteroatoms. The Morgan fingerprint density at radius 1 is 1.60 bits per heavy atom. The lowest BCUT2D eigenvalue weighted by Gasteiger charge is -2.17. The van der Waals surface area contributed by atoms with Gasteiger partial charge < -0.3 is 5.73 Å². The average Bonchev–Trinajstić information content (AvgIpc) is 1.58. The SMILES string of the molecule is CC(C)CN(C)CC(=N)N. The van der Waals surface area contributed by atoms with Crippen LogP contribution in [0.4, 0.5) is 0 Å². The fourth-order valence-corrected chi connectivity index (χ4v) is 0.979. The Morgan fingerprint density at radius 2 is 2.10 bits per heavy atom. The van der Waals surface area contributed by atoms with Crippen LogP contribution in [-0.4, -0.2) is 30.9 Å². The van der Waals surface area contributed by atoms with E-state index in [-0.39, 0.29) is 5.84 Å². The second-order valence-electron chi connectivity index (χ2n) is 3.12. The second-order valence-corrected chi connectivity index (χ2v) is 3.12. The first kappa shape index (κ1) is 9.43. The molecule has 3 nitrogen and oxygen atoms in total. The van der Waals surface area contributed by atoms with Crippen LogP contribution in [0.5, 0.6) is 0 Å². The van der Waals surface area contributed by atoms with Crippen LogP contribution in [-0.2, 0) is 0 Å². The number of rotatable bonds is 4. The van der Waals surface area contributed by atoms with Crippen molar-refractivity contribution in [2.45, 2.75) is 13.8 Å². The summed E-state index contributed by atoms with van der Waals surface area (Å²) in [5, 5.41) is 7.01. The van der Waals surface area contributed by atoms with Gasteiger partial charge in [-0.05, 0) is 13.0 Å². The molecule has 60 valence electrons. The highest BCUT2D eigenvalue weighted by atomic mass is 15.1. The number of likely N-dealkylation sites (N-methyl/N-ethyl adjacent to an activating group) is 1. The molecule has 3 N–H and O–H groups in total. The van der Waals surface area contributed by atoms with Gasteiger partial charge in [-0.1, -0.05) is 13.8 Å². The number of nitrogens with one attached hydrogen (secondary N) is 1. The molecule has 0 saturated heterocycles. The molecule has 0 radical (unpaired) electrons. The van der Waals surface area contributed by atoms with Gasteiger partial charge in [-0.2, -0.15) is 0 Å². The van der Waals surface area contributed by atoms with E-state index in [0.717, 1.165) is 6.54 Å². The molecule has 0 aromatic heterocycles. The zero-order valence-corrected chi connectivity index (χ0v) is 7.02. The minimum absolute atomic E-state index is 0.239. The smallest absolute Gasteiger partial charge is 0.105 e. The van der Waals surface area contributed by atoms with E-state index < -0.39 is 0 Å². The molecule has 10 heavy (non-hydrogen) atoms. The van der Waals surface area contributed by atoms with E-state index in [2.05, 4.69) is 13.8 Å². The van der Waals surface area contributed by atoms with Gasteiger partial charge in [0.05, 0.1) is 6.54 Å². The summed E-state index contributed by atoms with van der Waals surface area (Å²) in [6.07, 6.45) is 0. The van der Waals surface area contributed by atoms with E-state index >= 15 is 0 Å². The summed E-state index contributed by atoms with van der Waals surface area (Å²) in [7, 11) is 1.97. The van der Waals surface area contributed by atoms with Crippen molar-refractivity contribution in [2.75, 3.05) is 20.1 Å². The first-order valence-electron chi connectivity index (χ1n) is 3.53. The summed E-state index contributed by atoms with van der Waals surface area (Å²) >= 11 is 0. The molecule has 0 amide bonds. The van der Waals surface area contributed by atoms with Crippen molar-refractivity contribution in [3.05, 3.63) is 0 Å². The molecule has 0 fully saturated rings. The summed E-state index contributed by atoms with van der Waals surface area (Å²) in [6.45, 7) is 5.88. The number of amidine groups is 1. The maximum absolute atomic E-state index is 7.01. The van der Waals surface area contributed by atoms with E-state index in [1.165, 1.54) is 0 Å². The molecule has 0 spiro atoms. The van der Waals surface area contributed by atoms with Crippen molar-refractivity contribution in [1.29, 1.82) is 5.41 Å². The predicted molar refractivity (Wildman–Crippen MR) is 44.2 cm³/mol. The molecular formula is C7H17N3.